The number of methoxy groups -OCH3 is 1. The predicted molar refractivity (Wildman–Crippen MR) is 115 cm³/mol. The van der Waals surface area contributed by atoms with Crippen molar-refractivity contribution in [2.45, 2.75) is 56.7 Å². The molecule has 162 valence electrons. The van der Waals surface area contributed by atoms with Crippen LogP contribution in [-0.4, -0.2) is 72.1 Å². The van der Waals surface area contributed by atoms with E-state index in [2.05, 4.69) is 34.5 Å². The normalized spacial score (nSPS) is 20.7. The Hall–Kier alpha value is -0.860. The van der Waals surface area contributed by atoms with Crippen molar-refractivity contribution in [3.63, 3.8) is 0 Å². The number of likely N-dealkylation sites (tertiary alicyclic amines) is 1. The van der Waals surface area contributed by atoms with Crippen LogP contribution in [0.1, 0.15) is 39.5 Å². The highest BCUT2D eigenvalue weighted by atomic mass is 35.5. The third-order valence-corrected chi connectivity index (χ3v) is 6.11. The van der Waals surface area contributed by atoms with E-state index in [0.29, 0.717) is 12.6 Å². The number of rotatable bonds is 6. The Morgan fingerprint density at radius 2 is 1.93 bits per heavy atom. The van der Waals surface area contributed by atoms with Gasteiger partial charge in [0.05, 0.1) is 6.10 Å². The molecule has 3 heterocycles. The highest BCUT2D eigenvalue weighted by Gasteiger charge is 2.42. The van der Waals surface area contributed by atoms with Gasteiger partial charge in [-0.25, -0.2) is 0 Å². The molecule has 2 aliphatic heterocycles. The fourth-order valence-electron chi connectivity index (χ4n) is 4.19. The first kappa shape index (κ1) is 25.2. The number of hydrogen-bond donors (Lipinski definition) is 2. The molecule has 3 rings (SSSR count). The van der Waals surface area contributed by atoms with Crippen LogP contribution in [0.15, 0.2) is 18.5 Å². The fourth-order valence-corrected chi connectivity index (χ4v) is 4.19. The summed E-state index contributed by atoms with van der Waals surface area (Å²) in [6.45, 7) is 8.75. The molecule has 0 bridgehead atoms. The van der Waals surface area contributed by atoms with Gasteiger partial charge in [0.25, 0.3) is 0 Å². The molecule has 2 aliphatic rings. The number of ether oxygens (including phenoxy) is 1. The molecule has 1 aromatic heterocycles. The van der Waals surface area contributed by atoms with Gasteiger partial charge < -0.3 is 15.4 Å². The summed E-state index contributed by atoms with van der Waals surface area (Å²) >= 11 is 0. The number of amides is 1. The zero-order valence-corrected chi connectivity index (χ0v) is 18.8. The van der Waals surface area contributed by atoms with Crippen molar-refractivity contribution in [2.24, 2.45) is 0 Å². The van der Waals surface area contributed by atoms with Crippen LogP contribution in [0.2, 0.25) is 0 Å². The maximum Gasteiger partial charge on any atom is 0.248 e. The van der Waals surface area contributed by atoms with Crippen molar-refractivity contribution in [1.82, 2.24) is 25.3 Å². The molecule has 0 aromatic carbocycles. The molecule has 1 aromatic rings. The van der Waals surface area contributed by atoms with Crippen LogP contribution in [0.4, 0.5) is 0 Å². The lowest BCUT2D eigenvalue weighted by Crippen LogP contribution is -2.59. The summed E-state index contributed by atoms with van der Waals surface area (Å²) in [6, 6.07) is 1.89. The average molecular weight is 436 g/mol. The standard InChI is InChI=1S/C19H33N5O2.2ClH/c1-18(2,23-13-5-16(26-3)6-14-23)15-21-17(25)19(7-10-20-11-8-19)24-12-4-9-22-24;;/h4,9,12,16,20H,5-8,10-11,13-15H2,1-3H3,(H,21,25);2*1H. The molecule has 9 heteroatoms. The number of carbonyl (C=O) groups excluding carboxylic acids is 1. The third kappa shape index (κ3) is 5.39. The molecule has 2 N–H and O–H groups in total. The number of nitrogens with one attached hydrogen (secondary N) is 2. The monoisotopic (exact) mass is 435 g/mol. The molecule has 2 fully saturated rings. The molecule has 0 spiro atoms. The average Bonchev–Trinajstić information content (AvgIpc) is 3.22. The lowest BCUT2D eigenvalue weighted by atomic mass is 9.87. The highest BCUT2D eigenvalue weighted by Crippen LogP contribution is 2.28. The number of halogens is 2. The van der Waals surface area contributed by atoms with E-state index in [1.54, 1.807) is 13.3 Å². The number of nitrogens with zero attached hydrogens (tertiary/aromatic N) is 3. The van der Waals surface area contributed by atoms with Crippen LogP contribution in [-0.2, 0) is 15.1 Å². The molecule has 7 nitrogen and oxygen atoms in total. The van der Waals surface area contributed by atoms with Gasteiger partial charge in [-0.1, -0.05) is 0 Å². The zero-order chi connectivity index (χ0) is 18.6. The van der Waals surface area contributed by atoms with Crippen LogP contribution < -0.4 is 10.6 Å². The first-order chi connectivity index (χ1) is 12.5. The van der Waals surface area contributed by atoms with Gasteiger partial charge in [-0.15, -0.1) is 24.8 Å². The lowest BCUT2D eigenvalue weighted by molar-refractivity contribution is -0.132. The second-order valence-electron chi connectivity index (χ2n) is 8.15. The number of carbonyl (C=O) groups is 1. The summed E-state index contributed by atoms with van der Waals surface area (Å²) in [5.41, 5.74) is -0.652. The molecule has 1 amide bonds. The van der Waals surface area contributed by atoms with Crippen molar-refractivity contribution >= 4 is 30.7 Å². The molecular formula is C19H35Cl2N5O2. The minimum atomic E-state index is -0.576. The predicted octanol–water partition coefficient (Wildman–Crippen LogP) is 1.81. The molecule has 0 saturated carbocycles. The lowest BCUT2D eigenvalue weighted by Gasteiger charge is -2.43. The topological polar surface area (TPSA) is 71.4 Å². The summed E-state index contributed by atoms with van der Waals surface area (Å²) in [6.07, 6.45) is 7.66. The first-order valence-electron chi connectivity index (χ1n) is 9.75. The Balaban J connectivity index is 0.00000196. The Morgan fingerprint density at radius 1 is 1.29 bits per heavy atom. The van der Waals surface area contributed by atoms with Crippen molar-refractivity contribution in [2.75, 3.05) is 39.8 Å². The Kier molecular flexibility index (Phi) is 9.70. The van der Waals surface area contributed by atoms with Crippen LogP contribution >= 0.6 is 24.8 Å². The van der Waals surface area contributed by atoms with Crippen molar-refractivity contribution < 1.29 is 9.53 Å². The largest absolute Gasteiger partial charge is 0.381 e. The van der Waals surface area contributed by atoms with E-state index >= 15 is 0 Å². The van der Waals surface area contributed by atoms with Gasteiger partial charge in [-0.05, 0) is 58.7 Å². The summed E-state index contributed by atoms with van der Waals surface area (Å²) in [5.74, 6) is 0.0857. The summed E-state index contributed by atoms with van der Waals surface area (Å²) < 4.78 is 7.32. The molecule has 0 aliphatic carbocycles. The molecule has 28 heavy (non-hydrogen) atoms. The van der Waals surface area contributed by atoms with E-state index in [4.69, 9.17) is 4.74 Å². The molecule has 0 radical (unpaired) electrons. The van der Waals surface area contributed by atoms with Gasteiger partial charge in [0.1, 0.15) is 5.54 Å². The number of aromatic nitrogens is 2. The van der Waals surface area contributed by atoms with E-state index in [1.165, 1.54) is 0 Å². The second kappa shape index (κ2) is 10.8. The fraction of sp³-hybridized carbons (Fsp3) is 0.789. The Bertz CT molecular complexity index is 583. The van der Waals surface area contributed by atoms with Gasteiger partial charge in [0.2, 0.25) is 5.91 Å². The minimum Gasteiger partial charge on any atom is -0.381 e. The number of piperidine rings is 2. The summed E-state index contributed by atoms with van der Waals surface area (Å²) in [4.78, 5) is 15.7. The second-order valence-corrected chi connectivity index (χ2v) is 8.15. The number of hydrogen-bond acceptors (Lipinski definition) is 5. The van der Waals surface area contributed by atoms with Gasteiger partial charge in [-0.2, -0.15) is 5.10 Å². The van der Waals surface area contributed by atoms with Crippen molar-refractivity contribution in [3.8, 4) is 0 Å². The maximum absolute atomic E-state index is 13.2. The van der Waals surface area contributed by atoms with E-state index in [-0.39, 0.29) is 36.3 Å². The SMILES string of the molecule is COC1CCN(C(C)(C)CNC(=O)C2(n3cccn3)CCNCC2)CC1.Cl.Cl. The van der Waals surface area contributed by atoms with Crippen LogP contribution in [0.25, 0.3) is 0 Å². The maximum atomic E-state index is 13.2. The molecule has 0 atom stereocenters. The van der Waals surface area contributed by atoms with Gasteiger partial charge in [-0.3, -0.25) is 14.4 Å². The quantitative estimate of drug-likeness (QED) is 0.712. The summed E-state index contributed by atoms with van der Waals surface area (Å²) in [7, 11) is 1.79. The molecule has 2 saturated heterocycles. The van der Waals surface area contributed by atoms with Crippen LogP contribution in [0, 0.1) is 0 Å². The molecule has 0 unspecified atom stereocenters. The van der Waals surface area contributed by atoms with E-state index in [9.17, 15) is 4.79 Å². The van der Waals surface area contributed by atoms with Crippen molar-refractivity contribution in [3.05, 3.63) is 18.5 Å². The summed E-state index contributed by atoms with van der Waals surface area (Å²) in [5, 5.41) is 11.0. The van der Waals surface area contributed by atoms with E-state index in [0.717, 1.165) is 51.9 Å². The smallest absolute Gasteiger partial charge is 0.248 e. The van der Waals surface area contributed by atoms with Gasteiger partial charge in [0, 0.05) is 44.7 Å². The van der Waals surface area contributed by atoms with Gasteiger partial charge in [0.15, 0.2) is 0 Å². The van der Waals surface area contributed by atoms with E-state index < -0.39 is 5.54 Å². The molecular weight excluding hydrogens is 401 g/mol. The van der Waals surface area contributed by atoms with Crippen LogP contribution in [0.5, 0.6) is 0 Å². The van der Waals surface area contributed by atoms with Crippen LogP contribution in [0.3, 0.4) is 0 Å². The Labute approximate surface area is 180 Å². The van der Waals surface area contributed by atoms with E-state index in [1.807, 2.05) is 16.9 Å². The zero-order valence-electron chi connectivity index (χ0n) is 17.1. The Morgan fingerprint density at radius 3 is 2.46 bits per heavy atom. The first-order valence-corrected chi connectivity index (χ1v) is 9.75. The van der Waals surface area contributed by atoms with Crippen molar-refractivity contribution in [1.29, 1.82) is 0 Å². The highest BCUT2D eigenvalue weighted by molar-refractivity contribution is 5.85. The van der Waals surface area contributed by atoms with Gasteiger partial charge >= 0.3 is 0 Å². The minimum absolute atomic E-state index is 0. The third-order valence-electron chi connectivity index (χ3n) is 6.11.